The molecule has 1 aromatic heterocycles. The molecule has 0 saturated carbocycles. The second-order valence-corrected chi connectivity index (χ2v) is 5.88. The topological polar surface area (TPSA) is 87.8 Å². The van der Waals surface area contributed by atoms with Crippen LogP contribution in [-0.2, 0) is 9.59 Å². The Labute approximate surface area is 132 Å². The van der Waals surface area contributed by atoms with E-state index in [9.17, 15) is 9.59 Å². The monoisotopic (exact) mass is 312 g/mol. The van der Waals surface area contributed by atoms with E-state index >= 15 is 0 Å². The number of likely N-dealkylation sites (tertiary alicyclic amines) is 1. The molecule has 2 aliphatic rings. The van der Waals surface area contributed by atoms with Crippen LogP contribution in [0.15, 0.2) is 33.8 Å². The van der Waals surface area contributed by atoms with Crippen molar-refractivity contribution in [3.63, 3.8) is 0 Å². The Hall–Kier alpha value is -2.70. The van der Waals surface area contributed by atoms with Crippen LogP contribution in [0.1, 0.15) is 31.1 Å². The molecule has 7 heteroatoms. The molecule has 1 aromatic carbocycles. The van der Waals surface area contributed by atoms with Crippen molar-refractivity contribution in [2.45, 2.75) is 25.2 Å². The quantitative estimate of drug-likeness (QED) is 0.908. The average molecular weight is 312 g/mol. The number of hydrogen-bond donors (Lipinski definition) is 1. The zero-order valence-electron chi connectivity index (χ0n) is 12.5. The van der Waals surface area contributed by atoms with E-state index in [2.05, 4.69) is 15.5 Å². The SMILES string of the molecule is O=C1CC(C(=O)N2CCCC(c3nc4ccccc4o3)C2)=NN1. The number of carbonyl (C=O) groups excluding carboxylic acids is 2. The van der Waals surface area contributed by atoms with Gasteiger partial charge in [0.2, 0.25) is 5.91 Å². The average Bonchev–Trinajstić information content (AvgIpc) is 3.20. The highest BCUT2D eigenvalue weighted by Crippen LogP contribution is 2.29. The first-order chi connectivity index (χ1) is 11.2. The Balaban J connectivity index is 1.52. The van der Waals surface area contributed by atoms with Crippen LogP contribution in [-0.4, -0.2) is 40.5 Å². The summed E-state index contributed by atoms with van der Waals surface area (Å²) in [7, 11) is 0. The molecule has 0 spiro atoms. The summed E-state index contributed by atoms with van der Waals surface area (Å²) in [5.41, 5.74) is 4.21. The zero-order chi connectivity index (χ0) is 15.8. The molecular formula is C16H16N4O3. The number of rotatable bonds is 2. The Morgan fingerprint density at radius 1 is 1.35 bits per heavy atom. The number of hydrazone groups is 1. The first-order valence-electron chi connectivity index (χ1n) is 7.71. The molecule has 2 aliphatic heterocycles. The standard InChI is InChI=1S/C16H16N4O3/c21-14-8-12(18-19-14)16(22)20-7-3-4-10(9-20)15-17-11-5-1-2-6-13(11)23-15/h1-2,5-6,10H,3-4,7-9H2,(H,19,21). The molecule has 3 heterocycles. The number of nitrogens with zero attached hydrogens (tertiary/aromatic N) is 3. The van der Waals surface area contributed by atoms with Crippen LogP contribution >= 0.6 is 0 Å². The van der Waals surface area contributed by atoms with Gasteiger partial charge in [0.1, 0.15) is 11.2 Å². The molecule has 0 bridgehead atoms. The smallest absolute Gasteiger partial charge is 0.270 e. The van der Waals surface area contributed by atoms with Crippen LogP contribution < -0.4 is 5.43 Å². The van der Waals surface area contributed by atoms with Crippen LogP contribution in [0.2, 0.25) is 0 Å². The van der Waals surface area contributed by atoms with E-state index in [1.807, 2.05) is 24.3 Å². The number of aromatic nitrogens is 1. The van der Waals surface area contributed by atoms with Crippen molar-refractivity contribution in [2.75, 3.05) is 13.1 Å². The third-order valence-electron chi connectivity index (χ3n) is 4.26. The van der Waals surface area contributed by atoms with Crippen LogP contribution in [0, 0.1) is 0 Å². The number of piperidine rings is 1. The summed E-state index contributed by atoms with van der Waals surface area (Å²) in [5.74, 6) is 0.335. The fraction of sp³-hybridized carbons (Fsp3) is 0.375. The highest BCUT2D eigenvalue weighted by atomic mass is 16.3. The Morgan fingerprint density at radius 3 is 3.00 bits per heavy atom. The lowest BCUT2D eigenvalue weighted by molar-refractivity contribution is -0.126. The summed E-state index contributed by atoms with van der Waals surface area (Å²) in [6, 6.07) is 7.64. The number of hydrogen-bond acceptors (Lipinski definition) is 5. The van der Waals surface area contributed by atoms with Gasteiger partial charge in [-0.25, -0.2) is 10.4 Å². The van der Waals surface area contributed by atoms with E-state index in [4.69, 9.17) is 4.42 Å². The maximum atomic E-state index is 12.4. The Bertz CT molecular complexity index is 778. The van der Waals surface area contributed by atoms with E-state index in [0.29, 0.717) is 19.0 Å². The first kappa shape index (κ1) is 13.9. The molecule has 1 fully saturated rings. The minimum atomic E-state index is -0.235. The molecule has 4 rings (SSSR count). The molecule has 2 amide bonds. The summed E-state index contributed by atoms with van der Waals surface area (Å²) in [4.78, 5) is 29.9. The predicted octanol–water partition coefficient (Wildman–Crippen LogP) is 1.41. The molecule has 0 radical (unpaired) electrons. The van der Waals surface area contributed by atoms with Crippen LogP contribution in [0.5, 0.6) is 0 Å². The summed E-state index contributed by atoms with van der Waals surface area (Å²) in [6.45, 7) is 1.21. The maximum absolute atomic E-state index is 12.4. The van der Waals surface area contributed by atoms with Crippen molar-refractivity contribution in [3.05, 3.63) is 30.2 Å². The number of benzene rings is 1. The highest BCUT2D eigenvalue weighted by Gasteiger charge is 2.32. The van der Waals surface area contributed by atoms with Crippen molar-refractivity contribution >= 4 is 28.6 Å². The molecule has 0 aliphatic carbocycles. The van der Waals surface area contributed by atoms with Gasteiger partial charge in [-0.05, 0) is 25.0 Å². The van der Waals surface area contributed by atoms with E-state index in [1.54, 1.807) is 4.90 Å². The van der Waals surface area contributed by atoms with Gasteiger partial charge in [-0.3, -0.25) is 9.59 Å². The van der Waals surface area contributed by atoms with Crippen molar-refractivity contribution < 1.29 is 14.0 Å². The molecule has 1 N–H and O–H groups in total. The van der Waals surface area contributed by atoms with Gasteiger partial charge in [-0.15, -0.1) is 0 Å². The van der Waals surface area contributed by atoms with Crippen LogP contribution in [0.4, 0.5) is 0 Å². The fourth-order valence-electron chi connectivity index (χ4n) is 3.09. The Kier molecular flexibility index (Phi) is 3.33. The number of carbonyl (C=O) groups is 2. The van der Waals surface area contributed by atoms with Crippen molar-refractivity contribution in [1.82, 2.24) is 15.3 Å². The van der Waals surface area contributed by atoms with Gasteiger partial charge in [0, 0.05) is 13.1 Å². The molecular weight excluding hydrogens is 296 g/mol. The van der Waals surface area contributed by atoms with Crippen molar-refractivity contribution in [2.24, 2.45) is 5.10 Å². The van der Waals surface area contributed by atoms with Gasteiger partial charge in [0.15, 0.2) is 11.5 Å². The fourth-order valence-corrected chi connectivity index (χ4v) is 3.09. The second kappa shape index (κ2) is 5.49. The highest BCUT2D eigenvalue weighted by molar-refractivity contribution is 6.43. The maximum Gasteiger partial charge on any atom is 0.270 e. The molecule has 118 valence electrons. The Morgan fingerprint density at radius 2 is 2.22 bits per heavy atom. The van der Waals surface area contributed by atoms with E-state index in [1.165, 1.54) is 0 Å². The van der Waals surface area contributed by atoms with Crippen molar-refractivity contribution in [3.8, 4) is 0 Å². The molecule has 1 atom stereocenters. The lowest BCUT2D eigenvalue weighted by Crippen LogP contribution is -2.42. The van der Waals surface area contributed by atoms with Crippen LogP contribution in [0.25, 0.3) is 11.1 Å². The van der Waals surface area contributed by atoms with Gasteiger partial charge in [-0.1, -0.05) is 12.1 Å². The summed E-state index contributed by atoms with van der Waals surface area (Å²) >= 11 is 0. The number of nitrogens with one attached hydrogen (secondary N) is 1. The summed E-state index contributed by atoms with van der Waals surface area (Å²) in [6.07, 6.45) is 1.87. The molecule has 1 saturated heterocycles. The summed E-state index contributed by atoms with van der Waals surface area (Å²) in [5, 5.41) is 3.81. The largest absolute Gasteiger partial charge is 0.440 e. The van der Waals surface area contributed by atoms with Gasteiger partial charge < -0.3 is 9.32 Å². The van der Waals surface area contributed by atoms with Gasteiger partial charge >= 0.3 is 0 Å². The zero-order valence-corrected chi connectivity index (χ0v) is 12.5. The lowest BCUT2D eigenvalue weighted by atomic mass is 9.97. The second-order valence-electron chi connectivity index (χ2n) is 5.88. The predicted molar refractivity (Wildman–Crippen MR) is 82.8 cm³/mol. The van der Waals surface area contributed by atoms with E-state index < -0.39 is 0 Å². The van der Waals surface area contributed by atoms with Gasteiger partial charge in [-0.2, -0.15) is 5.10 Å². The number of amides is 2. The third kappa shape index (κ3) is 2.58. The van der Waals surface area contributed by atoms with E-state index in [-0.39, 0.29) is 29.9 Å². The van der Waals surface area contributed by atoms with Gasteiger partial charge in [0.25, 0.3) is 5.91 Å². The van der Waals surface area contributed by atoms with Crippen molar-refractivity contribution in [1.29, 1.82) is 0 Å². The van der Waals surface area contributed by atoms with Crippen LogP contribution in [0.3, 0.4) is 0 Å². The summed E-state index contributed by atoms with van der Waals surface area (Å²) < 4.78 is 5.83. The third-order valence-corrected chi connectivity index (χ3v) is 4.26. The minimum absolute atomic E-state index is 0.0584. The first-order valence-corrected chi connectivity index (χ1v) is 7.71. The molecule has 23 heavy (non-hydrogen) atoms. The lowest BCUT2D eigenvalue weighted by Gasteiger charge is -2.31. The molecule has 7 nitrogen and oxygen atoms in total. The molecule has 1 unspecified atom stereocenters. The minimum Gasteiger partial charge on any atom is -0.440 e. The normalized spacial score (nSPS) is 21.4. The molecule has 2 aromatic rings. The van der Waals surface area contributed by atoms with E-state index in [0.717, 1.165) is 23.9 Å². The number of fused-ring (bicyclic) bond motifs is 1. The number of oxazole rings is 1. The van der Waals surface area contributed by atoms with Gasteiger partial charge in [0.05, 0.1) is 12.3 Å². The number of para-hydroxylation sites is 2.